The fourth-order valence-corrected chi connectivity index (χ4v) is 4.38. The fourth-order valence-electron chi connectivity index (χ4n) is 2.31. The van der Waals surface area contributed by atoms with Crippen molar-refractivity contribution in [3.63, 3.8) is 0 Å². The van der Waals surface area contributed by atoms with E-state index in [9.17, 15) is 13.2 Å². The molecule has 132 valence electrons. The van der Waals surface area contributed by atoms with Crippen LogP contribution in [0.1, 0.15) is 15.9 Å². The zero-order valence-electron chi connectivity index (χ0n) is 13.3. The number of nitrogens with zero attached hydrogens (tertiary/aromatic N) is 2. The van der Waals surface area contributed by atoms with Gasteiger partial charge in [0.05, 0.1) is 24.3 Å². The molecule has 3 rings (SSSR count). The van der Waals surface area contributed by atoms with Crippen LogP contribution in [0.5, 0.6) is 0 Å². The lowest BCUT2D eigenvalue weighted by Crippen LogP contribution is -2.40. The van der Waals surface area contributed by atoms with Gasteiger partial charge in [-0.05, 0) is 35.0 Å². The highest BCUT2D eigenvalue weighted by Crippen LogP contribution is 2.18. The van der Waals surface area contributed by atoms with Crippen LogP contribution in [0.25, 0.3) is 0 Å². The van der Waals surface area contributed by atoms with Gasteiger partial charge in [-0.25, -0.2) is 13.8 Å². The second kappa shape index (κ2) is 7.87. The Kier molecular flexibility index (Phi) is 5.59. The molecule has 25 heavy (non-hydrogen) atoms. The molecule has 2 heterocycles. The van der Waals surface area contributed by atoms with Gasteiger partial charge in [-0.15, -0.1) is 0 Å². The molecule has 0 unspecified atom stereocenters. The van der Waals surface area contributed by atoms with E-state index in [4.69, 9.17) is 4.74 Å². The summed E-state index contributed by atoms with van der Waals surface area (Å²) in [7, 11) is -3.64. The number of morpholine rings is 1. The van der Waals surface area contributed by atoms with E-state index in [0.717, 1.165) is 5.56 Å². The van der Waals surface area contributed by atoms with E-state index >= 15 is 0 Å². The lowest BCUT2D eigenvalue weighted by atomic mass is 10.2. The molecule has 1 aliphatic rings. The minimum atomic E-state index is -3.64. The molecule has 1 N–H and O–H groups in total. The topological polar surface area (TPSA) is 88.1 Å². The molecule has 0 bridgehead atoms. The van der Waals surface area contributed by atoms with Gasteiger partial charge in [0, 0.05) is 24.2 Å². The second-order valence-corrected chi connectivity index (χ2v) is 8.02. The van der Waals surface area contributed by atoms with Crippen molar-refractivity contribution >= 4 is 33.5 Å². The van der Waals surface area contributed by atoms with Gasteiger partial charge in [-0.2, -0.15) is 20.7 Å². The maximum Gasteiger partial charge on any atom is 0.271 e. The van der Waals surface area contributed by atoms with Gasteiger partial charge in [0.2, 0.25) is 10.0 Å². The maximum atomic E-state index is 12.6. The highest BCUT2D eigenvalue weighted by atomic mass is 32.2. The summed E-state index contributed by atoms with van der Waals surface area (Å²) >= 11 is 1.53. The molecule has 1 amide bonds. The number of hydrogen-bond acceptors (Lipinski definition) is 6. The van der Waals surface area contributed by atoms with Crippen molar-refractivity contribution in [1.82, 2.24) is 9.73 Å². The van der Waals surface area contributed by atoms with Crippen molar-refractivity contribution < 1.29 is 17.9 Å². The van der Waals surface area contributed by atoms with E-state index in [1.54, 1.807) is 12.1 Å². The van der Waals surface area contributed by atoms with Crippen LogP contribution in [0.2, 0.25) is 0 Å². The highest BCUT2D eigenvalue weighted by Gasteiger charge is 2.26. The molecule has 1 aromatic heterocycles. The molecule has 2 aromatic rings. The van der Waals surface area contributed by atoms with Gasteiger partial charge >= 0.3 is 0 Å². The van der Waals surface area contributed by atoms with Crippen molar-refractivity contribution in [1.29, 1.82) is 0 Å². The number of amides is 1. The Hall–Kier alpha value is -2.07. The van der Waals surface area contributed by atoms with Crippen molar-refractivity contribution in [2.24, 2.45) is 5.10 Å². The predicted molar refractivity (Wildman–Crippen MR) is 95.4 cm³/mol. The van der Waals surface area contributed by atoms with Crippen LogP contribution in [0.3, 0.4) is 0 Å². The SMILES string of the molecule is O=C(NN=Cc1ccsc1)c1cccc(S(=O)(=O)N2CCOCC2)c1. The summed E-state index contributed by atoms with van der Waals surface area (Å²) in [5.41, 5.74) is 3.52. The van der Waals surface area contributed by atoms with Crippen molar-refractivity contribution in [3.8, 4) is 0 Å². The van der Waals surface area contributed by atoms with Gasteiger partial charge in [0.25, 0.3) is 5.91 Å². The summed E-state index contributed by atoms with van der Waals surface area (Å²) in [5, 5.41) is 7.68. The number of thiophene rings is 1. The standard InChI is InChI=1S/C16H17N3O4S2/c20-16(18-17-11-13-4-9-24-12-13)14-2-1-3-15(10-14)25(21,22)19-5-7-23-8-6-19/h1-4,9-12H,5-8H2,(H,18,20). The molecule has 1 aromatic carbocycles. The monoisotopic (exact) mass is 379 g/mol. The second-order valence-electron chi connectivity index (χ2n) is 5.30. The summed E-state index contributed by atoms with van der Waals surface area (Å²) in [5.74, 6) is -0.467. The zero-order chi connectivity index (χ0) is 17.7. The number of sulfonamides is 1. The molecular weight excluding hydrogens is 362 g/mol. The van der Waals surface area contributed by atoms with Crippen LogP contribution in [0.15, 0.2) is 51.1 Å². The zero-order valence-corrected chi connectivity index (χ0v) is 14.9. The first-order chi connectivity index (χ1) is 12.1. The summed E-state index contributed by atoms with van der Waals surface area (Å²) in [6.07, 6.45) is 1.53. The molecular formula is C16H17N3O4S2. The van der Waals surface area contributed by atoms with Gasteiger partial charge < -0.3 is 4.74 Å². The Bertz CT molecular complexity index is 857. The van der Waals surface area contributed by atoms with Crippen LogP contribution in [-0.2, 0) is 14.8 Å². The maximum absolute atomic E-state index is 12.6. The summed E-state index contributed by atoms with van der Waals surface area (Å²) in [6, 6.07) is 7.81. The number of hydrazone groups is 1. The van der Waals surface area contributed by atoms with E-state index in [1.807, 2.05) is 16.8 Å². The summed E-state index contributed by atoms with van der Waals surface area (Å²) in [4.78, 5) is 12.3. The Morgan fingerprint density at radius 2 is 2.08 bits per heavy atom. The van der Waals surface area contributed by atoms with Gasteiger partial charge in [-0.1, -0.05) is 6.07 Å². The minimum absolute atomic E-state index is 0.0869. The average Bonchev–Trinajstić information content (AvgIpc) is 3.16. The Labute approximate surface area is 150 Å². The smallest absolute Gasteiger partial charge is 0.271 e. The van der Waals surface area contributed by atoms with Crippen LogP contribution in [0, 0.1) is 0 Å². The summed E-state index contributed by atoms with van der Waals surface area (Å²) < 4.78 is 31.8. The third-order valence-corrected chi connectivity index (χ3v) is 6.22. The lowest BCUT2D eigenvalue weighted by molar-refractivity contribution is 0.0730. The van der Waals surface area contributed by atoms with E-state index in [-0.39, 0.29) is 10.5 Å². The highest BCUT2D eigenvalue weighted by molar-refractivity contribution is 7.89. The molecule has 9 heteroatoms. The lowest BCUT2D eigenvalue weighted by Gasteiger charge is -2.26. The third-order valence-electron chi connectivity index (χ3n) is 3.63. The minimum Gasteiger partial charge on any atom is -0.379 e. The molecule has 7 nitrogen and oxygen atoms in total. The first kappa shape index (κ1) is 17.7. The Balaban J connectivity index is 1.73. The van der Waals surface area contributed by atoms with Crippen molar-refractivity contribution in [2.45, 2.75) is 4.90 Å². The first-order valence-corrected chi connectivity index (χ1v) is 9.99. The molecule has 0 radical (unpaired) electrons. The average molecular weight is 379 g/mol. The van der Waals surface area contributed by atoms with Crippen LogP contribution < -0.4 is 5.43 Å². The number of nitrogens with one attached hydrogen (secondary N) is 1. The van der Waals surface area contributed by atoms with E-state index in [0.29, 0.717) is 26.3 Å². The molecule has 0 saturated carbocycles. The van der Waals surface area contributed by atoms with E-state index < -0.39 is 15.9 Å². The molecule has 1 aliphatic heterocycles. The normalized spacial score (nSPS) is 16.2. The Morgan fingerprint density at radius 3 is 2.80 bits per heavy atom. The Morgan fingerprint density at radius 1 is 1.28 bits per heavy atom. The molecule has 1 saturated heterocycles. The molecule has 0 aliphatic carbocycles. The number of carbonyl (C=O) groups excluding carboxylic acids is 1. The fraction of sp³-hybridized carbons (Fsp3) is 0.250. The number of rotatable bonds is 5. The largest absolute Gasteiger partial charge is 0.379 e. The summed E-state index contributed by atoms with van der Waals surface area (Å²) in [6.45, 7) is 1.36. The number of hydrogen-bond donors (Lipinski definition) is 1. The quantitative estimate of drug-likeness (QED) is 0.630. The van der Waals surface area contributed by atoms with Gasteiger partial charge in [0.1, 0.15) is 0 Å². The molecule has 1 fully saturated rings. The predicted octanol–water partition coefficient (Wildman–Crippen LogP) is 1.53. The van der Waals surface area contributed by atoms with E-state index in [2.05, 4.69) is 10.5 Å². The number of ether oxygens (including phenoxy) is 1. The van der Waals surface area contributed by atoms with Crippen LogP contribution in [0.4, 0.5) is 0 Å². The van der Waals surface area contributed by atoms with Gasteiger partial charge in [0.15, 0.2) is 0 Å². The van der Waals surface area contributed by atoms with Crippen LogP contribution >= 0.6 is 11.3 Å². The van der Waals surface area contributed by atoms with Gasteiger partial charge in [-0.3, -0.25) is 4.79 Å². The van der Waals surface area contributed by atoms with Crippen molar-refractivity contribution in [2.75, 3.05) is 26.3 Å². The first-order valence-electron chi connectivity index (χ1n) is 7.61. The molecule has 0 spiro atoms. The third kappa shape index (κ3) is 4.31. The van der Waals surface area contributed by atoms with Crippen LogP contribution in [-0.4, -0.2) is 51.1 Å². The van der Waals surface area contributed by atoms with E-state index in [1.165, 1.54) is 34.0 Å². The van der Waals surface area contributed by atoms with Crippen molar-refractivity contribution in [3.05, 3.63) is 52.2 Å². The number of benzene rings is 1. The number of carbonyl (C=O) groups is 1. The molecule has 0 atom stereocenters.